The molecule has 1 saturated carbocycles. The van der Waals surface area contributed by atoms with Gasteiger partial charge in [-0.25, -0.2) is 0 Å². The largest absolute Gasteiger partial charge is 0.328 e. The maximum atomic E-state index is 11.1. The Morgan fingerprint density at radius 2 is 1.94 bits per heavy atom. The van der Waals surface area contributed by atoms with Gasteiger partial charge in [0.1, 0.15) is 5.78 Å². The summed E-state index contributed by atoms with van der Waals surface area (Å²) >= 11 is 0. The summed E-state index contributed by atoms with van der Waals surface area (Å²) in [5.41, 5.74) is 5.93. The molecule has 2 fully saturated rings. The van der Waals surface area contributed by atoms with Crippen molar-refractivity contribution in [2.24, 2.45) is 11.7 Å². The first-order chi connectivity index (χ1) is 7.65. The molecule has 0 bridgehead atoms. The Hall–Kier alpha value is -0.410. The average Bonchev–Trinajstić information content (AvgIpc) is 2.66. The van der Waals surface area contributed by atoms with Crippen LogP contribution in [-0.4, -0.2) is 35.9 Å². The van der Waals surface area contributed by atoms with Crippen LogP contribution in [0.15, 0.2) is 0 Å². The third-order valence-corrected chi connectivity index (χ3v) is 4.15. The number of likely N-dealkylation sites (tertiary alicyclic amines) is 1. The van der Waals surface area contributed by atoms with Crippen molar-refractivity contribution in [1.29, 1.82) is 0 Å². The van der Waals surface area contributed by atoms with E-state index in [9.17, 15) is 4.79 Å². The van der Waals surface area contributed by atoms with Crippen LogP contribution in [0.4, 0.5) is 0 Å². The van der Waals surface area contributed by atoms with Crippen molar-refractivity contribution in [2.45, 2.75) is 57.5 Å². The van der Waals surface area contributed by atoms with Gasteiger partial charge in [-0.2, -0.15) is 0 Å². The van der Waals surface area contributed by atoms with Gasteiger partial charge in [0.25, 0.3) is 0 Å². The molecule has 1 heterocycles. The molecular formula is C13H24N2O. The highest BCUT2D eigenvalue weighted by Gasteiger charge is 2.30. The number of nitrogens with two attached hydrogens (primary N) is 1. The van der Waals surface area contributed by atoms with E-state index in [-0.39, 0.29) is 0 Å². The first kappa shape index (κ1) is 12.1. The van der Waals surface area contributed by atoms with Gasteiger partial charge in [0.15, 0.2) is 0 Å². The number of ketones is 1. The molecule has 3 nitrogen and oxygen atoms in total. The monoisotopic (exact) mass is 224 g/mol. The van der Waals surface area contributed by atoms with Crippen molar-refractivity contribution in [1.82, 2.24) is 4.90 Å². The summed E-state index contributed by atoms with van der Waals surface area (Å²) < 4.78 is 0. The summed E-state index contributed by atoms with van der Waals surface area (Å²) in [7, 11) is 0. The summed E-state index contributed by atoms with van der Waals surface area (Å²) in [6.07, 6.45) is 6.86. The lowest BCUT2D eigenvalue weighted by molar-refractivity contribution is -0.117. The molecule has 1 saturated heterocycles. The van der Waals surface area contributed by atoms with E-state index >= 15 is 0 Å². The zero-order valence-electron chi connectivity index (χ0n) is 10.3. The third-order valence-electron chi connectivity index (χ3n) is 4.15. The van der Waals surface area contributed by atoms with Gasteiger partial charge in [-0.05, 0) is 51.5 Å². The maximum Gasteiger partial charge on any atom is 0.130 e. The van der Waals surface area contributed by atoms with Crippen molar-refractivity contribution in [2.75, 3.05) is 13.1 Å². The summed E-state index contributed by atoms with van der Waals surface area (Å²) in [5, 5.41) is 0. The Labute approximate surface area is 98.4 Å². The zero-order chi connectivity index (χ0) is 11.5. The summed E-state index contributed by atoms with van der Waals surface area (Å²) in [6, 6.07) is 1.18. The van der Waals surface area contributed by atoms with Gasteiger partial charge in [-0.15, -0.1) is 0 Å². The number of hydrogen-bond donors (Lipinski definition) is 1. The van der Waals surface area contributed by atoms with Gasteiger partial charge in [0, 0.05) is 25.0 Å². The topological polar surface area (TPSA) is 46.3 Å². The number of hydrogen-bond acceptors (Lipinski definition) is 3. The average molecular weight is 224 g/mol. The van der Waals surface area contributed by atoms with E-state index in [1.165, 1.54) is 38.6 Å². The minimum Gasteiger partial charge on any atom is -0.328 e. The molecule has 0 spiro atoms. The Morgan fingerprint density at radius 3 is 2.56 bits per heavy atom. The molecule has 1 unspecified atom stereocenters. The molecule has 0 radical (unpaired) electrons. The molecule has 1 aliphatic carbocycles. The number of carbonyl (C=O) groups excluding carboxylic acids is 1. The third kappa shape index (κ3) is 3.05. The maximum absolute atomic E-state index is 11.1. The van der Waals surface area contributed by atoms with Crippen LogP contribution in [0, 0.1) is 5.92 Å². The first-order valence-corrected chi connectivity index (χ1v) is 6.64. The molecule has 2 aliphatic rings. The van der Waals surface area contributed by atoms with Crippen LogP contribution >= 0.6 is 0 Å². The van der Waals surface area contributed by atoms with Gasteiger partial charge >= 0.3 is 0 Å². The van der Waals surface area contributed by atoms with E-state index in [4.69, 9.17) is 5.73 Å². The van der Waals surface area contributed by atoms with E-state index < -0.39 is 0 Å². The molecule has 3 heteroatoms. The zero-order valence-corrected chi connectivity index (χ0v) is 10.3. The molecule has 0 amide bonds. The van der Waals surface area contributed by atoms with E-state index in [1.807, 2.05) is 0 Å². The van der Waals surface area contributed by atoms with Gasteiger partial charge in [-0.1, -0.05) is 0 Å². The molecular weight excluding hydrogens is 200 g/mol. The van der Waals surface area contributed by atoms with Crippen molar-refractivity contribution in [3.05, 3.63) is 0 Å². The molecule has 0 aromatic carbocycles. The number of rotatable bonds is 3. The van der Waals surface area contributed by atoms with Gasteiger partial charge < -0.3 is 15.4 Å². The molecule has 1 aliphatic heterocycles. The predicted octanol–water partition coefficient (Wildman–Crippen LogP) is 1.56. The summed E-state index contributed by atoms with van der Waals surface area (Å²) in [4.78, 5) is 13.7. The molecule has 0 aromatic rings. The Kier molecular flexibility index (Phi) is 3.98. The fourth-order valence-electron chi connectivity index (χ4n) is 3.23. The number of nitrogens with zero attached hydrogens (tertiary/aromatic N) is 1. The van der Waals surface area contributed by atoms with Crippen LogP contribution in [0.5, 0.6) is 0 Å². The smallest absolute Gasteiger partial charge is 0.130 e. The van der Waals surface area contributed by atoms with Crippen molar-refractivity contribution in [3.8, 4) is 0 Å². The second-order valence-corrected chi connectivity index (χ2v) is 5.62. The number of Topliss-reactive ketones (excluding diaryl/α,β-unsaturated/α-hetero) is 1. The lowest BCUT2D eigenvalue weighted by atomic mass is 9.91. The predicted molar refractivity (Wildman–Crippen MR) is 65.2 cm³/mol. The standard InChI is InChI=1S/C13H24N2O/c1-10(16)8-11-6-7-15(9-11)13-4-2-12(14)3-5-13/h11-13H,2-9,14H2,1H3. The summed E-state index contributed by atoms with van der Waals surface area (Å²) in [6.45, 7) is 4.04. The van der Waals surface area contributed by atoms with Crippen LogP contribution in [0.25, 0.3) is 0 Å². The fraction of sp³-hybridized carbons (Fsp3) is 0.923. The molecule has 92 valence electrons. The van der Waals surface area contributed by atoms with Gasteiger partial charge in [0.2, 0.25) is 0 Å². The minimum absolute atomic E-state index is 0.345. The lowest BCUT2D eigenvalue weighted by Gasteiger charge is -2.33. The minimum atomic E-state index is 0.345. The highest BCUT2D eigenvalue weighted by atomic mass is 16.1. The fourth-order valence-corrected chi connectivity index (χ4v) is 3.23. The molecule has 16 heavy (non-hydrogen) atoms. The van der Waals surface area contributed by atoms with Crippen LogP contribution < -0.4 is 5.73 Å². The van der Waals surface area contributed by atoms with Crippen LogP contribution in [0.3, 0.4) is 0 Å². The number of carbonyl (C=O) groups is 1. The van der Waals surface area contributed by atoms with Crippen LogP contribution in [-0.2, 0) is 4.79 Å². The van der Waals surface area contributed by atoms with Crippen molar-refractivity contribution >= 4 is 5.78 Å². The molecule has 2 N–H and O–H groups in total. The molecule has 2 rings (SSSR count). The first-order valence-electron chi connectivity index (χ1n) is 6.64. The second-order valence-electron chi connectivity index (χ2n) is 5.62. The Balaban J connectivity index is 1.77. The van der Waals surface area contributed by atoms with E-state index in [0.29, 0.717) is 17.7 Å². The molecule has 1 atom stereocenters. The quantitative estimate of drug-likeness (QED) is 0.791. The Bertz CT molecular complexity index is 246. The van der Waals surface area contributed by atoms with Gasteiger partial charge in [-0.3, -0.25) is 0 Å². The molecule has 0 aromatic heterocycles. The van der Waals surface area contributed by atoms with Crippen molar-refractivity contribution < 1.29 is 4.79 Å². The lowest BCUT2D eigenvalue weighted by Crippen LogP contribution is -2.39. The van der Waals surface area contributed by atoms with E-state index in [1.54, 1.807) is 6.92 Å². The highest BCUT2D eigenvalue weighted by molar-refractivity contribution is 5.75. The summed E-state index contributed by atoms with van der Waals surface area (Å²) in [5.74, 6) is 0.964. The van der Waals surface area contributed by atoms with Crippen LogP contribution in [0.2, 0.25) is 0 Å². The second kappa shape index (κ2) is 5.28. The van der Waals surface area contributed by atoms with E-state index in [0.717, 1.165) is 19.0 Å². The van der Waals surface area contributed by atoms with Gasteiger partial charge in [0.05, 0.1) is 0 Å². The van der Waals surface area contributed by atoms with Crippen molar-refractivity contribution in [3.63, 3.8) is 0 Å². The van der Waals surface area contributed by atoms with Crippen LogP contribution in [0.1, 0.15) is 45.4 Å². The SMILES string of the molecule is CC(=O)CC1CCN(C2CCC(N)CC2)C1. The Morgan fingerprint density at radius 1 is 1.25 bits per heavy atom. The normalized spacial score (nSPS) is 36.5. The van der Waals surface area contributed by atoms with E-state index in [2.05, 4.69) is 4.90 Å². The highest BCUT2D eigenvalue weighted by Crippen LogP contribution is 2.28.